The molecule has 0 bridgehead atoms. The number of carboxylic acids is 9. The molecule has 2 heterocycles. The number of pyridine rings is 1. The SMILES string of the molecule is C=C(CC(=O)O)C(=O)O.NC(=O)c1cccnc1.NC(Cc1c[nH]cn1)C(=O)O.O=C(O)C(=O)O.O=C(O)CC(=O)O.O=C(O)[C@@H](O)[C@@H](O)[C@H](O)[C@@H](O)C(=O)O. The van der Waals surface area contributed by atoms with Gasteiger partial charge in [-0.2, -0.15) is 0 Å². The van der Waals surface area contributed by atoms with E-state index in [1.807, 2.05) is 0 Å². The first-order valence-corrected chi connectivity index (χ1v) is 14.0. The molecule has 56 heavy (non-hydrogen) atoms. The first-order valence-electron chi connectivity index (χ1n) is 14.0. The lowest BCUT2D eigenvalue weighted by Gasteiger charge is -2.21. The maximum atomic E-state index is 10.4. The van der Waals surface area contributed by atoms with Crippen molar-refractivity contribution in [3.63, 3.8) is 0 Å². The van der Waals surface area contributed by atoms with Crippen molar-refractivity contribution in [3.05, 3.63) is 60.5 Å². The molecule has 1 amide bonds. The van der Waals surface area contributed by atoms with Gasteiger partial charge in [-0.25, -0.2) is 29.0 Å². The van der Waals surface area contributed by atoms with Crippen LogP contribution >= 0.6 is 0 Å². The van der Waals surface area contributed by atoms with Crippen LogP contribution in [0.3, 0.4) is 0 Å². The average Bonchev–Trinajstić information content (AvgIpc) is 3.60. The van der Waals surface area contributed by atoms with Gasteiger partial charge >= 0.3 is 53.7 Å². The van der Waals surface area contributed by atoms with Gasteiger partial charge in [0.25, 0.3) is 0 Å². The predicted octanol–water partition coefficient (Wildman–Crippen LogP) is -5.05. The minimum absolute atomic E-state index is 0.263. The fourth-order valence-corrected chi connectivity index (χ4v) is 2.28. The Morgan fingerprint density at radius 1 is 0.679 bits per heavy atom. The fraction of sp³-hybridized carbons (Fsp3) is 0.286. The zero-order valence-electron chi connectivity index (χ0n) is 28.1. The number of imidazole rings is 1. The maximum absolute atomic E-state index is 10.4. The molecule has 0 aliphatic rings. The van der Waals surface area contributed by atoms with Gasteiger partial charge < -0.3 is 82.8 Å². The second-order valence-corrected chi connectivity index (χ2v) is 9.42. The van der Waals surface area contributed by atoms with Crippen LogP contribution in [0.2, 0.25) is 0 Å². The number of carbonyl (C=O) groups excluding carboxylic acids is 1. The van der Waals surface area contributed by atoms with E-state index in [-0.39, 0.29) is 12.0 Å². The number of nitrogens with one attached hydrogen (secondary N) is 1. The molecular weight excluding hydrogens is 774 g/mol. The predicted molar refractivity (Wildman–Crippen MR) is 174 cm³/mol. The number of primary amides is 1. The van der Waals surface area contributed by atoms with Crippen molar-refractivity contribution in [2.45, 2.75) is 49.7 Å². The Morgan fingerprint density at radius 2 is 1.11 bits per heavy atom. The van der Waals surface area contributed by atoms with Gasteiger partial charge in [-0.3, -0.25) is 29.0 Å². The van der Waals surface area contributed by atoms with Crippen molar-refractivity contribution in [1.82, 2.24) is 15.0 Å². The largest absolute Gasteiger partial charge is 0.481 e. The minimum atomic E-state index is -2.36. The van der Waals surface area contributed by atoms with E-state index < -0.39 is 103 Å². The van der Waals surface area contributed by atoms with Crippen molar-refractivity contribution in [2.75, 3.05) is 0 Å². The number of hydrogen-bond donors (Lipinski definition) is 16. The van der Waals surface area contributed by atoms with Crippen LogP contribution in [0.25, 0.3) is 0 Å². The molecule has 0 saturated carbocycles. The molecule has 0 aromatic carbocycles. The molecule has 18 N–H and O–H groups in total. The van der Waals surface area contributed by atoms with E-state index in [0.717, 1.165) is 0 Å². The molecule has 2 rings (SSSR count). The molecule has 312 valence electrons. The van der Waals surface area contributed by atoms with Gasteiger partial charge in [-0.05, 0) is 12.1 Å². The van der Waals surface area contributed by atoms with Crippen LogP contribution in [0.4, 0.5) is 0 Å². The third-order valence-corrected chi connectivity index (χ3v) is 4.90. The topological polar surface area (TPSA) is 527 Å². The van der Waals surface area contributed by atoms with Gasteiger partial charge in [0.2, 0.25) is 5.91 Å². The van der Waals surface area contributed by atoms with E-state index in [1.165, 1.54) is 12.5 Å². The number of aromatic nitrogens is 3. The summed E-state index contributed by atoms with van der Waals surface area (Å²) in [5.41, 5.74) is 11.0. The highest BCUT2D eigenvalue weighted by Gasteiger charge is 2.37. The molecule has 1 unspecified atom stereocenters. The molecule has 0 radical (unpaired) electrons. The molecule has 0 fully saturated rings. The molecule has 2 aromatic heterocycles. The number of aliphatic hydroxyl groups excluding tert-OH is 4. The molecule has 28 nitrogen and oxygen atoms in total. The van der Waals surface area contributed by atoms with Crippen molar-refractivity contribution in [1.29, 1.82) is 0 Å². The number of carbonyl (C=O) groups is 10. The lowest BCUT2D eigenvalue weighted by molar-refractivity contribution is -0.172. The summed E-state index contributed by atoms with van der Waals surface area (Å²) >= 11 is 0. The zero-order chi connectivity index (χ0) is 44.9. The minimum Gasteiger partial charge on any atom is -0.481 e. The lowest BCUT2D eigenvalue weighted by Crippen LogP contribution is -2.49. The number of amides is 1. The van der Waals surface area contributed by atoms with Gasteiger partial charge in [0.15, 0.2) is 12.2 Å². The van der Waals surface area contributed by atoms with Crippen molar-refractivity contribution < 1.29 is 114 Å². The third-order valence-electron chi connectivity index (χ3n) is 4.90. The van der Waals surface area contributed by atoms with Crippen molar-refractivity contribution in [2.24, 2.45) is 11.5 Å². The number of nitrogens with zero attached hydrogens (tertiary/aromatic N) is 2. The zero-order valence-corrected chi connectivity index (χ0v) is 28.1. The summed E-state index contributed by atoms with van der Waals surface area (Å²) in [7, 11) is 0. The van der Waals surface area contributed by atoms with E-state index in [1.54, 1.807) is 24.5 Å². The second kappa shape index (κ2) is 30.1. The van der Waals surface area contributed by atoms with E-state index in [4.69, 9.17) is 87.4 Å². The van der Waals surface area contributed by atoms with Crippen LogP contribution in [-0.2, 0) is 49.6 Å². The number of nitrogens with two attached hydrogens (primary N) is 2. The number of rotatable bonds is 14. The van der Waals surface area contributed by atoms with Crippen LogP contribution in [-0.4, -0.2) is 171 Å². The lowest BCUT2D eigenvalue weighted by atomic mass is 10.0. The second-order valence-electron chi connectivity index (χ2n) is 9.42. The first kappa shape index (κ1) is 55.4. The number of aromatic amines is 1. The number of aliphatic hydroxyl groups is 4. The van der Waals surface area contributed by atoms with Crippen LogP contribution in [0.15, 0.2) is 49.2 Å². The summed E-state index contributed by atoms with van der Waals surface area (Å²) < 4.78 is 0. The Hall–Kier alpha value is -7.40. The third kappa shape index (κ3) is 31.3. The van der Waals surface area contributed by atoms with Gasteiger partial charge in [-0.15, -0.1) is 0 Å². The summed E-state index contributed by atoms with van der Waals surface area (Å²) in [4.78, 5) is 108. The van der Waals surface area contributed by atoms with E-state index in [9.17, 15) is 38.4 Å². The van der Waals surface area contributed by atoms with Crippen LogP contribution in [0.5, 0.6) is 0 Å². The fourth-order valence-electron chi connectivity index (χ4n) is 2.28. The molecular formula is C28H37N5O23. The normalized spacial score (nSPS) is 11.9. The number of H-pyrrole nitrogens is 1. The van der Waals surface area contributed by atoms with Gasteiger partial charge in [0.05, 0.1) is 24.0 Å². The molecule has 0 spiro atoms. The maximum Gasteiger partial charge on any atom is 0.414 e. The number of hydrogen-bond acceptors (Lipinski definition) is 17. The van der Waals surface area contributed by atoms with E-state index in [2.05, 4.69) is 21.5 Å². The molecule has 0 aliphatic carbocycles. The smallest absolute Gasteiger partial charge is 0.414 e. The molecule has 0 saturated heterocycles. The Labute approximate surface area is 310 Å². The summed E-state index contributed by atoms with van der Waals surface area (Å²) in [6.45, 7) is 3.01. The Morgan fingerprint density at radius 3 is 1.30 bits per heavy atom. The molecule has 0 aliphatic heterocycles. The quantitative estimate of drug-likeness (QED) is 0.0482. The Balaban J connectivity index is -0.000000296. The van der Waals surface area contributed by atoms with Crippen LogP contribution in [0.1, 0.15) is 28.9 Å². The van der Waals surface area contributed by atoms with E-state index in [0.29, 0.717) is 11.3 Å². The number of aliphatic carboxylic acids is 9. The monoisotopic (exact) mass is 811 g/mol. The highest BCUT2D eigenvalue weighted by molar-refractivity contribution is 6.27. The van der Waals surface area contributed by atoms with Gasteiger partial charge in [-0.1, -0.05) is 6.58 Å². The standard InChI is InChI=1S/C6H9N3O2.C6H6N2O.C6H10O8.C5H6O4.C3H4O4.C2H2O4/c7-5(6(10)11)1-4-2-8-3-9-4;7-6(9)5-2-1-3-8-4-5;7-1(3(9)5(11)12)2(8)4(10)6(13)14;1-3(5(8)9)2-4(6)7;4-2(5)1-3(6)7;3-1(4)2(5)6/h2-3,5H,1,7H2,(H,8,9)(H,10,11);1-4H,(H2,7,9);1-4,7-10H,(H,11,12)(H,13,14);1-2H2,(H,6,7)(H,8,9);1H2,(H,4,5)(H,6,7);(H,3,4)(H,5,6)/t;;1-,2-,3-,4+;;;/m..0.../s1. The molecule has 28 heteroatoms. The first-order chi connectivity index (χ1) is 25.6. The molecule has 5 atom stereocenters. The summed E-state index contributed by atoms with van der Waals surface area (Å²) in [5.74, 6) is -13.8. The van der Waals surface area contributed by atoms with Crippen molar-refractivity contribution >= 4 is 59.6 Å². The van der Waals surface area contributed by atoms with E-state index >= 15 is 0 Å². The average molecular weight is 812 g/mol. The summed E-state index contributed by atoms with van der Waals surface area (Å²) in [6, 6.07) is 2.42. The summed E-state index contributed by atoms with van der Waals surface area (Å²) in [5, 5.41) is 106. The van der Waals surface area contributed by atoms with Gasteiger partial charge in [0.1, 0.15) is 24.7 Å². The Kier molecular flexibility index (Phi) is 29.8. The van der Waals surface area contributed by atoms with Crippen LogP contribution < -0.4 is 11.5 Å². The highest BCUT2D eigenvalue weighted by atomic mass is 16.5. The van der Waals surface area contributed by atoms with Crippen molar-refractivity contribution in [3.8, 4) is 0 Å². The summed E-state index contributed by atoms with van der Waals surface area (Å²) in [6.07, 6.45) is -4.19. The number of carboxylic acid groups (broad SMARTS) is 9. The van der Waals surface area contributed by atoms with Crippen LogP contribution in [0, 0.1) is 0 Å². The van der Waals surface area contributed by atoms with Gasteiger partial charge in [0, 0.05) is 30.6 Å². The molecule has 2 aromatic rings. The highest BCUT2D eigenvalue weighted by Crippen LogP contribution is 2.05. The Bertz CT molecular complexity index is 1570.